The van der Waals surface area contributed by atoms with Crippen molar-refractivity contribution in [3.05, 3.63) is 35.4 Å². The lowest BCUT2D eigenvalue weighted by Gasteiger charge is -1.97. The smallest absolute Gasteiger partial charge is 0.122 e. The zero-order chi connectivity index (χ0) is 9.68. The van der Waals surface area contributed by atoms with E-state index in [4.69, 9.17) is 11.1 Å². The van der Waals surface area contributed by atoms with E-state index < -0.39 is 0 Å². The molecule has 0 aliphatic carbocycles. The molecule has 66 valence electrons. The maximum absolute atomic E-state index is 7.22. The standard InChI is InChI=1S/C10H10N2S/c11-10(12)9-5-1-3-8(7-9)4-2-6-13/h1,3,5,7,13H,6H2,(H3,11,12). The quantitative estimate of drug-likeness (QED) is 0.265. The molecule has 0 bridgehead atoms. The van der Waals surface area contributed by atoms with Gasteiger partial charge in [-0.3, -0.25) is 5.41 Å². The van der Waals surface area contributed by atoms with Gasteiger partial charge in [0.2, 0.25) is 0 Å². The monoisotopic (exact) mass is 190 g/mol. The van der Waals surface area contributed by atoms with Crippen molar-refractivity contribution < 1.29 is 0 Å². The average molecular weight is 190 g/mol. The molecule has 1 rings (SSSR count). The molecule has 0 atom stereocenters. The lowest BCUT2D eigenvalue weighted by atomic mass is 10.1. The third kappa shape index (κ3) is 2.85. The van der Waals surface area contributed by atoms with Gasteiger partial charge in [0.1, 0.15) is 5.84 Å². The highest BCUT2D eigenvalue weighted by Gasteiger charge is 1.95. The van der Waals surface area contributed by atoms with Crippen LogP contribution in [0.5, 0.6) is 0 Å². The highest BCUT2D eigenvalue weighted by Crippen LogP contribution is 2.02. The molecular weight excluding hydrogens is 180 g/mol. The predicted octanol–water partition coefficient (Wildman–Crippen LogP) is 1.25. The molecule has 0 fully saturated rings. The molecule has 1 aromatic rings. The molecule has 0 radical (unpaired) electrons. The van der Waals surface area contributed by atoms with E-state index in [1.807, 2.05) is 12.1 Å². The number of rotatable bonds is 1. The van der Waals surface area contributed by atoms with Crippen LogP contribution in [0.15, 0.2) is 24.3 Å². The Hall–Kier alpha value is -1.40. The highest BCUT2D eigenvalue weighted by molar-refractivity contribution is 7.80. The molecule has 1 aromatic carbocycles. The number of hydrogen-bond donors (Lipinski definition) is 3. The Labute approximate surface area is 83.1 Å². The first-order valence-corrected chi connectivity index (χ1v) is 4.41. The first-order valence-electron chi connectivity index (χ1n) is 3.78. The van der Waals surface area contributed by atoms with Crippen LogP contribution in [0.3, 0.4) is 0 Å². The number of hydrogen-bond acceptors (Lipinski definition) is 2. The lowest BCUT2D eigenvalue weighted by molar-refractivity contribution is 1.42. The second kappa shape index (κ2) is 4.58. The van der Waals surface area contributed by atoms with Crippen molar-refractivity contribution in [2.24, 2.45) is 5.73 Å². The van der Waals surface area contributed by atoms with Crippen LogP contribution in [0, 0.1) is 17.3 Å². The Morgan fingerprint density at radius 1 is 1.54 bits per heavy atom. The molecule has 0 saturated carbocycles. The van der Waals surface area contributed by atoms with Crippen molar-refractivity contribution in [1.29, 1.82) is 5.41 Å². The minimum Gasteiger partial charge on any atom is -0.384 e. The van der Waals surface area contributed by atoms with E-state index in [0.717, 1.165) is 5.56 Å². The Balaban J connectivity index is 2.98. The van der Waals surface area contributed by atoms with Gasteiger partial charge < -0.3 is 5.73 Å². The molecule has 0 aliphatic heterocycles. The summed E-state index contributed by atoms with van der Waals surface area (Å²) in [7, 11) is 0. The number of nitrogen functional groups attached to an aromatic ring is 1. The van der Waals surface area contributed by atoms with Crippen molar-refractivity contribution >= 4 is 18.5 Å². The molecule has 3 heteroatoms. The van der Waals surface area contributed by atoms with Crippen LogP contribution in [0.1, 0.15) is 11.1 Å². The van der Waals surface area contributed by atoms with Crippen molar-refractivity contribution in [3.8, 4) is 11.8 Å². The van der Waals surface area contributed by atoms with E-state index in [-0.39, 0.29) is 5.84 Å². The summed E-state index contributed by atoms with van der Waals surface area (Å²) in [5.74, 6) is 6.34. The van der Waals surface area contributed by atoms with Crippen molar-refractivity contribution in [2.75, 3.05) is 5.75 Å². The molecule has 0 saturated heterocycles. The number of thiol groups is 1. The topological polar surface area (TPSA) is 49.9 Å². The van der Waals surface area contributed by atoms with Gasteiger partial charge in [0.15, 0.2) is 0 Å². The molecule has 0 aliphatic rings. The van der Waals surface area contributed by atoms with E-state index >= 15 is 0 Å². The fraction of sp³-hybridized carbons (Fsp3) is 0.100. The maximum Gasteiger partial charge on any atom is 0.122 e. The summed E-state index contributed by atoms with van der Waals surface area (Å²) >= 11 is 3.98. The van der Waals surface area contributed by atoms with E-state index in [1.165, 1.54) is 0 Å². The normalized spacial score (nSPS) is 8.69. The van der Waals surface area contributed by atoms with Gasteiger partial charge in [-0.2, -0.15) is 12.6 Å². The summed E-state index contributed by atoms with van der Waals surface area (Å²) < 4.78 is 0. The van der Waals surface area contributed by atoms with Crippen LogP contribution < -0.4 is 5.73 Å². The Morgan fingerprint density at radius 3 is 2.92 bits per heavy atom. The predicted molar refractivity (Wildman–Crippen MR) is 58.2 cm³/mol. The minimum atomic E-state index is 0.0644. The SMILES string of the molecule is N=C(N)c1cccc(C#CCS)c1. The third-order valence-electron chi connectivity index (χ3n) is 1.49. The van der Waals surface area contributed by atoms with Gasteiger partial charge in [-0.05, 0) is 12.1 Å². The van der Waals surface area contributed by atoms with Crippen LogP contribution in [0.4, 0.5) is 0 Å². The molecular formula is C10H10N2S. The van der Waals surface area contributed by atoms with Crippen LogP contribution in [-0.4, -0.2) is 11.6 Å². The van der Waals surface area contributed by atoms with Gasteiger partial charge >= 0.3 is 0 Å². The molecule has 0 heterocycles. The first-order chi connectivity index (χ1) is 6.24. The highest BCUT2D eigenvalue weighted by atomic mass is 32.1. The Morgan fingerprint density at radius 2 is 2.31 bits per heavy atom. The van der Waals surface area contributed by atoms with Gasteiger partial charge in [-0.15, -0.1) is 0 Å². The number of amidine groups is 1. The molecule has 0 unspecified atom stereocenters. The molecule has 0 amide bonds. The minimum absolute atomic E-state index is 0.0644. The van der Waals surface area contributed by atoms with Gasteiger partial charge in [-0.1, -0.05) is 24.0 Å². The van der Waals surface area contributed by atoms with E-state index in [2.05, 4.69) is 24.5 Å². The number of nitrogens with one attached hydrogen (secondary N) is 1. The Bertz CT molecular complexity index is 374. The number of nitrogens with two attached hydrogens (primary N) is 1. The summed E-state index contributed by atoms with van der Waals surface area (Å²) in [4.78, 5) is 0. The van der Waals surface area contributed by atoms with Gasteiger partial charge in [0, 0.05) is 11.1 Å². The van der Waals surface area contributed by atoms with Crippen molar-refractivity contribution in [1.82, 2.24) is 0 Å². The van der Waals surface area contributed by atoms with Crippen molar-refractivity contribution in [2.45, 2.75) is 0 Å². The van der Waals surface area contributed by atoms with Crippen molar-refractivity contribution in [3.63, 3.8) is 0 Å². The summed E-state index contributed by atoms with van der Waals surface area (Å²) in [5, 5.41) is 7.22. The largest absolute Gasteiger partial charge is 0.384 e. The molecule has 3 N–H and O–H groups in total. The molecule has 0 aromatic heterocycles. The summed E-state index contributed by atoms with van der Waals surface area (Å²) in [6, 6.07) is 7.29. The van der Waals surface area contributed by atoms with Gasteiger partial charge in [0.05, 0.1) is 5.75 Å². The molecule has 2 nitrogen and oxygen atoms in total. The molecule has 0 spiro atoms. The fourth-order valence-corrected chi connectivity index (χ4v) is 0.985. The second-order valence-electron chi connectivity index (χ2n) is 2.45. The maximum atomic E-state index is 7.22. The summed E-state index contributed by atoms with van der Waals surface area (Å²) in [5.41, 5.74) is 6.89. The van der Waals surface area contributed by atoms with E-state index in [1.54, 1.807) is 12.1 Å². The lowest BCUT2D eigenvalue weighted by Crippen LogP contribution is -2.10. The Kier molecular flexibility index (Phi) is 3.41. The van der Waals surface area contributed by atoms with E-state index in [9.17, 15) is 0 Å². The fourth-order valence-electron chi connectivity index (χ4n) is 0.906. The van der Waals surface area contributed by atoms with Gasteiger partial charge in [-0.25, -0.2) is 0 Å². The summed E-state index contributed by atoms with van der Waals surface area (Å²) in [6.45, 7) is 0. The zero-order valence-electron chi connectivity index (χ0n) is 7.04. The van der Waals surface area contributed by atoms with Crippen LogP contribution in [-0.2, 0) is 0 Å². The van der Waals surface area contributed by atoms with Crippen LogP contribution in [0.25, 0.3) is 0 Å². The second-order valence-corrected chi connectivity index (χ2v) is 2.77. The number of benzene rings is 1. The van der Waals surface area contributed by atoms with E-state index in [0.29, 0.717) is 11.3 Å². The third-order valence-corrected chi connectivity index (χ3v) is 1.64. The summed E-state index contributed by atoms with van der Waals surface area (Å²) in [6.07, 6.45) is 0. The van der Waals surface area contributed by atoms with Gasteiger partial charge in [0.25, 0.3) is 0 Å². The van der Waals surface area contributed by atoms with Crippen LogP contribution >= 0.6 is 12.6 Å². The first kappa shape index (κ1) is 9.69. The van der Waals surface area contributed by atoms with Crippen LogP contribution in [0.2, 0.25) is 0 Å². The average Bonchev–Trinajstić information content (AvgIpc) is 2.15. The zero-order valence-corrected chi connectivity index (χ0v) is 7.94. The molecule has 13 heavy (non-hydrogen) atoms.